The number of carbonyl (C=O) groups excluding carboxylic acids is 1. The van der Waals surface area contributed by atoms with Crippen molar-refractivity contribution in [2.75, 3.05) is 25.5 Å². The van der Waals surface area contributed by atoms with Crippen molar-refractivity contribution in [2.45, 2.75) is 45.6 Å². The molecule has 2 aromatic heterocycles. The number of amides is 1. The Morgan fingerprint density at radius 1 is 1.08 bits per heavy atom. The molecule has 0 fully saturated rings. The van der Waals surface area contributed by atoms with Crippen LogP contribution in [-0.2, 0) is 16.8 Å². The number of carbonyl (C=O) groups is 1. The van der Waals surface area contributed by atoms with Gasteiger partial charge >= 0.3 is 0 Å². The molecule has 0 radical (unpaired) electrons. The van der Waals surface area contributed by atoms with E-state index < -0.39 is 5.54 Å². The van der Waals surface area contributed by atoms with Gasteiger partial charge in [0.25, 0.3) is 0 Å². The number of fused-ring (bicyclic) bond motifs is 2. The van der Waals surface area contributed by atoms with Crippen LogP contribution in [0.25, 0.3) is 22.3 Å². The molecule has 3 heterocycles. The second-order valence-electron chi connectivity index (χ2n) is 10.0. The first-order chi connectivity index (χ1) is 17.8. The number of hydrogen-bond donors (Lipinski definition) is 2. The van der Waals surface area contributed by atoms with Crippen molar-refractivity contribution in [1.29, 1.82) is 0 Å². The summed E-state index contributed by atoms with van der Waals surface area (Å²) in [6, 6.07) is 14.1. The van der Waals surface area contributed by atoms with Crippen LogP contribution < -0.4 is 20.5 Å². The molecule has 3 N–H and O–H groups in total. The zero-order valence-corrected chi connectivity index (χ0v) is 21.5. The average molecular weight is 501 g/mol. The Hall–Kier alpha value is -4.14. The highest BCUT2D eigenvalue weighted by molar-refractivity contribution is 5.98. The van der Waals surface area contributed by atoms with Gasteiger partial charge in [-0.15, -0.1) is 0 Å². The Kier molecular flexibility index (Phi) is 6.69. The third-order valence-electron chi connectivity index (χ3n) is 6.59. The van der Waals surface area contributed by atoms with E-state index in [-0.39, 0.29) is 5.91 Å². The summed E-state index contributed by atoms with van der Waals surface area (Å²) in [6.07, 6.45) is 3.39. The highest BCUT2D eigenvalue weighted by atomic mass is 16.6. The van der Waals surface area contributed by atoms with E-state index in [0.29, 0.717) is 43.0 Å². The highest BCUT2D eigenvalue weighted by Crippen LogP contribution is 2.33. The second kappa shape index (κ2) is 10.1. The number of nitrogens with zero attached hydrogens (tertiary/aromatic N) is 4. The molecular formula is C28H32N6O3. The van der Waals surface area contributed by atoms with E-state index in [2.05, 4.69) is 15.3 Å². The number of aromatic nitrogens is 4. The van der Waals surface area contributed by atoms with Crippen LogP contribution in [0.1, 0.15) is 37.8 Å². The topological polar surface area (TPSA) is 117 Å². The minimum Gasteiger partial charge on any atom is -0.486 e. The maximum absolute atomic E-state index is 12.7. The van der Waals surface area contributed by atoms with E-state index in [1.807, 2.05) is 67.9 Å². The van der Waals surface area contributed by atoms with E-state index in [1.54, 1.807) is 0 Å². The van der Waals surface area contributed by atoms with E-state index in [9.17, 15) is 4.79 Å². The quantitative estimate of drug-likeness (QED) is 0.375. The van der Waals surface area contributed by atoms with Crippen LogP contribution >= 0.6 is 0 Å². The molecule has 0 aliphatic carbocycles. The van der Waals surface area contributed by atoms with Gasteiger partial charge in [0.15, 0.2) is 17.1 Å². The van der Waals surface area contributed by atoms with Crippen molar-refractivity contribution in [3.8, 4) is 22.8 Å². The molecule has 1 aliphatic heterocycles. The van der Waals surface area contributed by atoms with Gasteiger partial charge in [0.1, 0.15) is 31.1 Å². The van der Waals surface area contributed by atoms with Crippen LogP contribution in [-0.4, -0.2) is 45.4 Å². The van der Waals surface area contributed by atoms with Gasteiger partial charge in [0, 0.05) is 18.5 Å². The second-order valence-corrected chi connectivity index (χ2v) is 10.0. The molecule has 0 unspecified atom stereocenters. The fraction of sp³-hybridized carbons (Fsp3) is 0.357. The molecule has 0 atom stereocenters. The summed E-state index contributed by atoms with van der Waals surface area (Å²) in [6.45, 7) is 7.61. The van der Waals surface area contributed by atoms with Crippen LogP contribution in [0.5, 0.6) is 11.5 Å². The van der Waals surface area contributed by atoms with Crippen LogP contribution in [0.2, 0.25) is 0 Å². The zero-order valence-electron chi connectivity index (χ0n) is 21.5. The molecule has 37 heavy (non-hydrogen) atoms. The van der Waals surface area contributed by atoms with Crippen LogP contribution in [0.15, 0.2) is 48.8 Å². The third kappa shape index (κ3) is 5.21. The van der Waals surface area contributed by atoms with Crippen molar-refractivity contribution in [3.63, 3.8) is 0 Å². The van der Waals surface area contributed by atoms with Crippen molar-refractivity contribution >= 4 is 22.8 Å². The number of nitrogens with two attached hydrogens (primary N) is 1. The Morgan fingerprint density at radius 3 is 2.62 bits per heavy atom. The fourth-order valence-electron chi connectivity index (χ4n) is 4.48. The lowest BCUT2D eigenvalue weighted by Crippen LogP contribution is -2.41. The first-order valence-electron chi connectivity index (χ1n) is 12.5. The zero-order chi connectivity index (χ0) is 26.0. The number of nitrogen functional groups attached to an aromatic ring is 1. The lowest BCUT2D eigenvalue weighted by atomic mass is 10.0. The lowest BCUT2D eigenvalue weighted by Gasteiger charge is -2.26. The molecule has 0 spiro atoms. The van der Waals surface area contributed by atoms with Gasteiger partial charge in [0.2, 0.25) is 5.91 Å². The van der Waals surface area contributed by atoms with Crippen molar-refractivity contribution in [1.82, 2.24) is 25.1 Å². The predicted octanol–water partition coefficient (Wildman–Crippen LogP) is 4.03. The summed E-state index contributed by atoms with van der Waals surface area (Å²) in [4.78, 5) is 21.4. The maximum Gasteiger partial charge on any atom is 0.220 e. The van der Waals surface area contributed by atoms with Gasteiger partial charge in [-0.1, -0.05) is 35.9 Å². The lowest BCUT2D eigenvalue weighted by molar-refractivity contribution is -0.121. The van der Waals surface area contributed by atoms with E-state index in [4.69, 9.17) is 20.3 Å². The summed E-state index contributed by atoms with van der Waals surface area (Å²) in [5.74, 6) is 1.93. The molecule has 5 rings (SSSR count). The fourth-order valence-corrected chi connectivity index (χ4v) is 4.48. The minimum atomic E-state index is -0.548. The molecule has 9 nitrogen and oxygen atoms in total. The SMILES string of the molecule is Cc1ccc(-c2nn(C(C)(C)CNC(=O)CCCc3ccc4c(c3)OCCO4)c3ncnc(N)c23)cc1. The Bertz CT molecular complexity index is 1430. The summed E-state index contributed by atoms with van der Waals surface area (Å²) < 4.78 is 13.1. The van der Waals surface area contributed by atoms with Gasteiger partial charge in [-0.25, -0.2) is 14.6 Å². The summed E-state index contributed by atoms with van der Waals surface area (Å²) in [7, 11) is 0. The summed E-state index contributed by atoms with van der Waals surface area (Å²) in [5, 5.41) is 8.68. The number of aryl methyl sites for hydroxylation is 2. The van der Waals surface area contributed by atoms with Crippen LogP contribution in [0.3, 0.4) is 0 Å². The maximum atomic E-state index is 12.7. The van der Waals surface area contributed by atoms with Gasteiger partial charge in [-0.05, 0) is 51.3 Å². The molecular weight excluding hydrogens is 468 g/mol. The van der Waals surface area contributed by atoms with Gasteiger partial charge < -0.3 is 20.5 Å². The first kappa shape index (κ1) is 24.5. The largest absolute Gasteiger partial charge is 0.486 e. The molecule has 1 amide bonds. The van der Waals surface area contributed by atoms with Crippen molar-refractivity contribution in [3.05, 3.63) is 59.9 Å². The molecule has 192 valence electrons. The monoisotopic (exact) mass is 500 g/mol. The number of benzene rings is 2. The molecule has 4 aromatic rings. The Balaban J connectivity index is 1.25. The number of ether oxygens (including phenoxy) is 2. The summed E-state index contributed by atoms with van der Waals surface area (Å²) in [5.41, 5.74) is 10.3. The molecule has 0 saturated heterocycles. The first-order valence-corrected chi connectivity index (χ1v) is 12.5. The highest BCUT2D eigenvalue weighted by Gasteiger charge is 2.28. The normalized spacial score (nSPS) is 13.1. The summed E-state index contributed by atoms with van der Waals surface area (Å²) >= 11 is 0. The standard InChI is InChI=1S/C28H32N6O3/c1-18-7-10-20(11-8-18)25-24-26(29)31-17-32-27(24)34(33-25)28(2,3)16-30-23(35)6-4-5-19-9-12-21-22(15-19)37-14-13-36-21/h7-12,15,17H,4-6,13-14,16H2,1-3H3,(H,30,35)(H2,29,31,32). The molecule has 0 saturated carbocycles. The number of rotatable bonds is 8. The van der Waals surface area contributed by atoms with Crippen LogP contribution in [0.4, 0.5) is 5.82 Å². The van der Waals surface area contributed by atoms with Crippen LogP contribution in [0, 0.1) is 6.92 Å². The molecule has 0 bridgehead atoms. The third-order valence-corrected chi connectivity index (χ3v) is 6.59. The molecule has 1 aliphatic rings. The van der Waals surface area contributed by atoms with Crippen molar-refractivity contribution in [2.24, 2.45) is 0 Å². The van der Waals surface area contributed by atoms with Gasteiger partial charge in [0.05, 0.1) is 10.9 Å². The Morgan fingerprint density at radius 2 is 1.84 bits per heavy atom. The van der Waals surface area contributed by atoms with Crippen molar-refractivity contribution < 1.29 is 14.3 Å². The predicted molar refractivity (Wildman–Crippen MR) is 143 cm³/mol. The number of nitrogens with one attached hydrogen (secondary N) is 1. The van der Waals surface area contributed by atoms with E-state index >= 15 is 0 Å². The number of anilines is 1. The smallest absolute Gasteiger partial charge is 0.220 e. The van der Waals surface area contributed by atoms with E-state index in [1.165, 1.54) is 6.33 Å². The van der Waals surface area contributed by atoms with E-state index in [0.717, 1.165) is 46.7 Å². The molecule has 2 aromatic carbocycles. The Labute approximate surface area is 216 Å². The molecule has 9 heteroatoms. The average Bonchev–Trinajstić information content (AvgIpc) is 3.30. The van der Waals surface area contributed by atoms with Gasteiger partial charge in [-0.2, -0.15) is 5.10 Å². The van der Waals surface area contributed by atoms with Gasteiger partial charge in [-0.3, -0.25) is 4.79 Å². The minimum absolute atomic E-state index is 0.00465. The number of hydrogen-bond acceptors (Lipinski definition) is 7.